The highest BCUT2D eigenvalue weighted by molar-refractivity contribution is 6.30. The summed E-state index contributed by atoms with van der Waals surface area (Å²) in [5.41, 5.74) is 2.78. The Morgan fingerprint density at radius 3 is 2.64 bits per heavy atom. The molecule has 4 nitrogen and oxygen atoms in total. The number of hydrogen-bond donors (Lipinski definition) is 0. The summed E-state index contributed by atoms with van der Waals surface area (Å²) in [6.07, 6.45) is 0. The number of fused-ring (bicyclic) bond motifs is 3. The minimum absolute atomic E-state index is 0.0231. The predicted molar refractivity (Wildman–Crippen MR) is 85.9 cm³/mol. The number of carbonyl (C=O) groups is 1. The van der Waals surface area contributed by atoms with Gasteiger partial charge in [-0.05, 0) is 36.4 Å². The van der Waals surface area contributed by atoms with Gasteiger partial charge in [0.2, 0.25) is 0 Å². The molecule has 0 N–H and O–H groups in total. The minimum Gasteiger partial charge on any atom is -0.329 e. The van der Waals surface area contributed by atoms with E-state index in [2.05, 4.69) is 15.6 Å². The van der Waals surface area contributed by atoms with Crippen LogP contribution in [-0.2, 0) is 13.1 Å². The van der Waals surface area contributed by atoms with Crippen LogP contribution in [0.25, 0.3) is 11.0 Å². The molecule has 2 heterocycles. The van der Waals surface area contributed by atoms with Gasteiger partial charge in [-0.2, -0.15) is 0 Å². The van der Waals surface area contributed by atoms with Crippen LogP contribution in [0, 0.1) is 0 Å². The average Bonchev–Trinajstić information content (AvgIpc) is 2.92. The molecule has 0 unspecified atom stereocenters. The van der Waals surface area contributed by atoms with Crippen LogP contribution >= 0.6 is 11.6 Å². The largest absolute Gasteiger partial charge is 0.329 e. The van der Waals surface area contributed by atoms with Crippen molar-refractivity contribution in [1.82, 2.24) is 14.5 Å². The molecular formula is C17H14ClN3O. The summed E-state index contributed by atoms with van der Waals surface area (Å²) >= 11 is 5.88. The number of carbonyl (C=O) groups excluding carboxylic acids is 1. The van der Waals surface area contributed by atoms with Crippen molar-refractivity contribution in [3.05, 3.63) is 64.9 Å². The molecule has 0 saturated heterocycles. The van der Waals surface area contributed by atoms with Crippen LogP contribution < -0.4 is 0 Å². The molecule has 1 aromatic heterocycles. The van der Waals surface area contributed by atoms with Gasteiger partial charge >= 0.3 is 0 Å². The fraction of sp³-hybridized carbons (Fsp3) is 0.176. The first-order valence-electron chi connectivity index (χ1n) is 7.21. The molecule has 0 saturated carbocycles. The van der Waals surface area contributed by atoms with Crippen molar-refractivity contribution in [2.24, 2.45) is 0 Å². The standard InChI is InChI=1S/C17H14ClN3O/c18-13-7-5-12(6-8-13)17(22)20-9-10-21-15-4-2-1-3-14(15)19-16(21)11-20/h1-8H,9-11H2. The predicted octanol–water partition coefficient (Wildman–Crippen LogP) is 3.35. The van der Waals surface area contributed by atoms with Gasteiger partial charge in [-0.1, -0.05) is 23.7 Å². The topological polar surface area (TPSA) is 38.1 Å². The number of halogens is 1. The van der Waals surface area contributed by atoms with Gasteiger partial charge in [0.15, 0.2) is 0 Å². The molecule has 0 spiro atoms. The third kappa shape index (κ3) is 2.16. The van der Waals surface area contributed by atoms with Gasteiger partial charge in [-0.3, -0.25) is 4.79 Å². The SMILES string of the molecule is O=C(c1ccc(Cl)cc1)N1CCn2c(nc3ccccc32)C1. The van der Waals surface area contributed by atoms with Crippen molar-refractivity contribution in [2.45, 2.75) is 13.1 Å². The van der Waals surface area contributed by atoms with Crippen LogP contribution in [0.5, 0.6) is 0 Å². The zero-order valence-corrected chi connectivity index (χ0v) is 12.6. The Labute approximate surface area is 132 Å². The molecule has 5 heteroatoms. The summed E-state index contributed by atoms with van der Waals surface area (Å²) in [4.78, 5) is 19.1. The molecule has 1 aliphatic heterocycles. The maximum absolute atomic E-state index is 12.6. The number of rotatable bonds is 1. The Morgan fingerprint density at radius 1 is 1.05 bits per heavy atom. The number of para-hydroxylation sites is 2. The monoisotopic (exact) mass is 311 g/mol. The van der Waals surface area contributed by atoms with Crippen LogP contribution in [0.15, 0.2) is 48.5 Å². The van der Waals surface area contributed by atoms with Crippen LogP contribution in [-0.4, -0.2) is 26.9 Å². The maximum Gasteiger partial charge on any atom is 0.254 e. The molecule has 0 bridgehead atoms. The number of imidazole rings is 1. The lowest BCUT2D eigenvalue weighted by Gasteiger charge is -2.28. The van der Waals surface area contributed by atoms with E-state index in [1.165, 1.54) is 0 Å². The van der Waals surface area contributed by atoms with Gasteiger partial charge in [0.1, 0.15) is 5.82 Å². The molecule has 0 atom stereocenters. The molecule has 0 radical (unpaired) electrons. The second kappa shape index (κ2) is 5.14. The molecule has 22 heavy (non-hydrogen) atoms. The van der Waals surface area contributed by atoms with Crippen LogP contribution in [0.1, 0.15) is 16.2 Å². The molecule has 1 aliphatic rings. The number of aromatic nitrogens is 2. The highest BCUT2D eigenvalue weighted by Crippen LogP contribution is 2.22. The van der Waals surface area contributed by atoms with E-state index in [1.54, 1.807) is 24.3 Å². The molecule has 0 fully saturated rings. The van der Waals surface area contributed by atoms with Crippen LogP contribution in [0.3, 0.4) is 0 Å². The molecule has 0 aliphatic carbocycles. The molecule has 4 rings (SSSR count). The molecule has 3 aromatic rings. The first kappa shape index (κ1) is 13.3. The fourth-order valence-corrected chi connectivity index (χ4v) is 3.04. The van der Waals surface area contributed by atoms with Crippen molar-refractivity contribution in [1.29, 1.82) is 0 Å². The Morgan fingerprint density at radius 2 is 1.82 bits per heavy atom. The van der Waals surface area contributed by atoms with E-state index in [9.17, 15) is 4.79 Å². The summed E-state index contributed by atoms with van der Waals surface area (Å²) in [6.45, 7) is 2.00. The van der Waals surface area contributed by atoms with E-state index >= 15 is 0 Å². The Kier molecular flexibility index (Phi) is 3.12. The van der Waals surface area contributed by atoms with E-state index < -0.39 is 0 Å². The van der Waals surface area contributed by atoms with E-state index in [-0.39, 0.29) is 5.91 Å². The Hall–Kier alpha value is -2.33. The van der Waals surface area contributed by atoms with Crippen molar-refractivity contribution < 1.29 is 4.79 Å². The normalized spacial score (nSPS) is 14.1. The quantitative estimate of drug-likeness (QED) is 0.691. The zero-order valence-electron chi connectivity index (χ0n) is 11.9. The average molecular weight is 312 g/mol. The van der Waals surface area contributed by atoms with Crippen LogP contribution in [0.4, 0.5) is 0 Å². The van der Waals surface area contributed by atoms with E-state index in [0.717, 1.165) is 23.4 Å². The van der Waals surface area contributed by atoms with Gasteiger partial charge in [-0.15, -0.1) is 0 Å². The summed E-state index contributed by atoms with van der Waals surface area (Å²) in [5.74, 6) is 0.963. The van der Waals surface area contributed by atoms with Crippen molar-refractivity contribution in [3.8, 4) is 0 Å². The van der Waals surface area contributed by atoms with Crippen molar-refractivity contribution in [2.75, 3.05) is 6.54 Å². The molecular weight excluding hydrogens is 298 g/mol. The third-order valence-corrected chi connectivity index (χ3v) is 4.29. The van der Waals surface area contributed by atoms with Gasteiger partial charge in [0.25, 0.3) is 5.91 Å². The lowest BCUT2D eigenvalue weighted by molar-refractivity contribution is 0.0709. The number of benzene rings is 2. The second-order valence-corrected chi connectivity index (χ2v) is 5.84. The first-order chi connectivity index (χ1) is 10.7. The Bertz CT molecular complexity index is 854. The molecule has 2 aromatic carbocycles. The Balaban J connectivity index is 1.64. The molecule has 110 valence electrons. The number of amides is 1. The maximum atomic E-state index is 12.6. The fourth-order valence-electron chi connectivity index (χ4n) is 2.91. The number of nitrogens with zero attached hydrogens (tertiary/aromatic N) is 3. The first-order valence-corrected chi connectivity index (χ1v) is 7.59. The highest BCUT2D eigenvalue weighted by atomic mass is 35.5. The molecule has 1 amide bonds. The minimum atomic E-state index is 0.0231. The second-order valence-electron chi connectivity index (χ2n) is 5.40. The van der Waals surface area contributed by atoms with Gasteiger partial charge in [0.05, 0.1) is 17.6 Å². The zero-order chi connectivity index (χ0) is 15.1. The summed E-state index contributed by atoms with van der Waals surface area (Å²) in [5, 5.41) is 0.636. The smallest absolute Gasteiger partial charge is 0.254 e. The van der Waals surface area contributed by atoms with Gasteiger partial charge < -0.3 is 9.47 Å². The van der Waals surface area contributed by atoms with Gasteiger partial charge in [-0.25, -0.2) is 4.98 Å². The van der Waals surface area contributed by atoms with E-state index in [0.29, 0.717) is 23.7 Å². The lowest BCUT2D eigenvalue weighted by Crippen LogP contribution is -2.38. The van der Waals surface area contributed by atoms with E-state index in [1.807, 2.05) is 23.1 Å². The third-order valence-electron chi connectivity index (χ3n) is 4.04. The summed E-state index contributed by atoms with van der Waals surface area (Å²) in [7, 11) is 0. The highest BCUT2D eigenvalue weighted by Gasteiger charge is 2.24. The van der Waals surface area contributed by atoms with Crippen LogP contribution in [0.2, 0.25) is 5.02 Å². The summed E-state index contributed by atoms with van der Waals surface area (Å²) in [6, 6.07) is 15.1. The van der Waals surface area contributed by atoms with E-state index in [4.69, 9.17) is 11.6 Å². The lowest BCUT2D eigenvalue weighted by atomic mass is 10.2. The summed E-state index contributed by atoms with van der Waals surface area (Å²) < 4.78 is 2.20. The number of hydrogen-bond acceptors (Lipinski definition) is 2. The van der Waals surface area contributed by atoms with Crippen molar-refractivity contribution >= 4 is 28.5 Å². The van der Waals surface area contributed by atoms with Crippen molar-refractivity contribution in [3.63, 3.8) is 0 Å². The van der Waals surface area contributed by atoms with Gasteiger partial charge in [0, 0.05) is 23.7 Å².